The van der Waals surface area contributed by atoms with Crippen molar-refractivity contribution in [1.29, 1.82) is 0 Å². The number of aliphatic hydroxyl groups excluding tert-OH is 4. The van der Waals surface area contributed by atoms with E-state index in [-0.39, 0.29) is 6.61 Å². The van der Waals surface area contributed by atoms with Crippen molar-refractivity contribution < 1.29 is 70.9 Å². The second-order valence-corrected chi connectivity index (χ2v) is 9.32. The molecule has 0 aliphatic carbocycles. The summed E-state index contributed by atoms with van der Waals surface area (Å²) in [6, 6.07) is -1.41. The number of hydrogen-bond acceptors (Lipinski definition) is 14. The fourth-order valence-electron chi connectivity index (χ4n) is 3.76. The molecule has 0 aromatic carbocycles. The molecule has 6 N–H and O–H groups in total. The van der Waals surface area contributed by atoms with Gasteiger partial charge >= 0.3 is 16.4 Å². The van der Waals surface area contributed by atoms with Gasteiger partial charge < -0.3 is 49.4 Å². The molecule has 16 nitrogen and oxygen atoms in total. The van der Waals surface area contributed by atoms with Crippen LogP contribution in [0.15, 0.2) is 0 Å². The van der Waals surface area contributed by atoms with Crippen LogP contribution in [-0.4, -0.2) is 126 Å². The first-order valence-electron chi connectivity index (χ1n) is 11.1. The van der Waals surface area contributed by atoms with Gasteiger partial charge in [0.25, 0.3) is 0 Å². The van der Waals surface area contributed by atoms with Gasteiger partial charge in [0.1, 0.15) is 42.7 Å². The summed E-state index contributed by atoms with van der Waals surface area (Å²) in [6.07, 6.45) is -13.6. The fraction of sp³-hybridized carbons (Fsp3) is 0.895. The number of ether oxygens (including phenoxy) is 5. The summed E-state index contributed by atoms with van der Waals surface area (Å²) >= 11 is 0. The molecule has 0 saturated carbocycles. The highest BCUT2D eigenvalue weighted by Crippen LogP contribution is 2.31. The molecule has 2 aliphatic heterocycles. The van der Waals surface area contributed by atoms with Crippen LogP contribution in [0.2, 0.25) is 0 Å². The Labute approximate surface area is 207 Å². The molecule has 0 spiro atoms. The molecule has 0 radical (unpaired) electrons. The number of carbonyl (C=O) groups is 2. The topological polar surface area (TPSA) is 237 Å². The highest BCUT2D eigenvalue weighted by Gasteiger charge is 2.53. The van der Waals surface area contributed by atoms with Gasteiger partial charge in [-0.05, 0) is 6.42 Å². The minimum Gasteiger partial charge on any atom is -0.454 e. The molecule has 210 valence electrons. The van der Waals surface area contributed by atoms with Crippen molar-refractivity contribution in [2.45, 2.75) is 88.5 Å². The van der Waals surface area contributed by atoms with Crippen molar-refractivity contribution >= 4 is 22.3 Å². The van der Waals surface area contributed by atoms with Crippen LogP contribution in [0.1, 0.15) is 27.2 Å². The summed E-state index contributed by atoms with van der Waals surface area (Å²) in [6.45, 7) is 2.40. The van der Waals surface area contributed by atoms with Crippen molar-refractivity contribution in [3.63, 3.8) is 0 Å². The van der Waals surface area contributed by atoms with Gasteiger partial charge in [-0.15, -0.1) is 0 Å². The third kappa shape index (κ3) is 8.25. The Hall–Kier alpha value is -1.51. The van der Waals surface area contributed by atoms with E-state index in [1.54, 1.807) is 6.92 Å². The Morgan fingerprint density at radius 1 is 0.972 bits per heavy atom. The molecule has 2 rings (SSSR count). The van der Waals surface area contributed by atoms with Crippen LogP contribution in [0.5, 0.6) is 0 Å². The normalized spacial score (nSPS) is 37.3. The number of carbonyl (C=O) groups excluding carboxylic acids is 2. The van der Waals surface area contributed by atoms with E-state index in [1.165, 1.54) is 0 Å². The Morgan fingerprint density at radius 3 is 2.14 bits per heavy atom. The van der Waals surface area contributed by atoms with E-state index in [0.717, 1.165) is 13.8 Å². The van der Waals surface area contributed by atoms with Gasteiger partial charge in [0.2, 0.25) is 5.91 Å². The summed E-state index contributed by atoms with van der Waals surface area (Å²) in [5, 5.41) is 43.5. The predicted molar refractivity (Wildman–Crippen MR) is 114 cm³/mol. The maximum absolute atomic E-state index is 11.8. The molecule has 2 aliphatic rings. The van der Waals surface area contributed by atoms with Crippen molar-refractivity contribution in [1.82, 2.24) is 5.32 Å². The Kier molecular flexibility index (Phi) is 11.4. The van der Waals surface area contributed by atoms with E-state index >= 15 is 0 Å². The minimum absolute atomic E-state index is 0.0864. The monoisotopic (exact) mass is 547 g/mol. The van der Waals surface area contributed by atoms with Gasteiger partial charge in [0, 0.05) is 20.5 Å². The Morgan fingerprint density at radius 2 is 1.61 bits per heavy atom. The smallest absolute Gasteiger partial charge is 0.397 e. The zero-order valence-electron chi connectivity index (χ0n) is 19.8. The van der Waals surface area contributed by atoms with Crippen LogP contribution in [0.3, 0.4) is 0 Å². The number of amides is 1. The molecular formula is C19H33NO15S. The van der Waals surface area contributed by atoms with E-state index in [9.17, 15) is 38.4 Å². The highest BCUT2D eigenvalue weighted by molar-refractivity contribution is 7.80. The second kappa shape index (κ2) is 13.3. The van der Waals surface area contributed by atoms with Gasteiger partial charge in [0.05, 0.1) is 13.2 Å². The second-order valence-electron chi connectivity index (χ2n) is 8.22. The largest absolute Gasteiger partial charge is 0.454 e. The summed E-state index contributed by atoms with van der Waals surface area (Å²) in [7, 11) is -4.92. The van der Waals surface area contributed by atoms with Crippen molar-refractivity contribution in [2.75, 3.05) is 19.8 Å². The van der Waals surface area contributed by atoms with Gasteiger partial charge in [0.15, 0.2) is 18.7 Å². The number of rotatable bonds is 11. The van der Waals surface area contributed by atoms with Gasteiger partial charge in [-0.2, -0.15) is 8.42 Å². The number of esters is 1. The van der Waals surface area contributed by atoms with Gasteiger partial charge in [-0.3, -0.25) is 14.1 Å². The van der Waals surface area contributed by atoms with Crippen LogP contribution in [0.4, 0.5) is 0 Å². The Balaban J connectivity index is 2.42. The lowest BCUT2D eigenvalue weighted by atomic mass is 9.95. The molecule has 10 atom stereocenters. The predicted octanol–water partition coefficient (Wildman–Crippen LogP) is -3.42. The lowest BCUT2D eigenvalue weighted by Gasteiger charge is -2.47. The molecular weight excluding hydrogens is 514 g/mol. The molecule has 1 amide bonds. The third-order valence-corrected chi connectivity index (χ3v) is 5.76. The zero-order valence-corrected chi connectivity index (χ0v) is 20.6. The molecule has 2 saturated heterocycles. The van der Waals surface area contributed by atoms with E-state index < -0.39 is 96.8 Å². The Bertz CT molecular complexity index is 841. The summed E-state index contributed by atoms with van der Waals surface area (Å²) in [4.78, 5) is 23.5. The average Bonchev–Trinajstić information content (AvgIpc) is 2.78. The highest BCUT2D eigenvalue weighted by atomic mass is 32.3. The molecule has 36 heavy (non-hydrogen) atoms. The van der Waals surface area contributed by atoms with Crippen LogP contribution in [-0.2, 0) is 47.9 Å². The van der Waals surface area contributed by atoms with Gasteiger partial charge in [-0.1, -0.05) is 6.92 Å². The first-order valence-corrected chi connectivity index (χ1v) is 12.4. The molecule has 17 heteroatoms. The molecule has 0 bridgehead atoms. The van der Waals surface area contributed by atoms with E-state index in [0.29, 0.717) is 6.42 Å². The molecule has 2 heterocycles. The van der Waals surface area contributed by atoms with Crippen molar-refractivity contribution in [3.8, 4) is 0 Å². The third-order valence-electron chi connectivity index (χ3n) is 5.33. The van der Waals surface area contributed by atoms with E-state index in [4.69, 9.17) is 28.2 Å². The summed E-state index contributed by atoms with van der Waals surface area (Å²) < 4.78 is 63.0. The molecule has 0 aromatic heterocycles. The number of nitrogens with one attached hydrogen (secondary N) is 1. The lowest BCUT2D eigenvalue weighted by Crippen LogP contribution is -2.68. The fourth-order valence-corrected chi connectivity index (χ4v) is 4.07. The van der Waals surface area contributed by atoms with Gasteiger partial charge in [-0.25, -0.2) is 4.18 Å². The summed E-state index contributed by atoms with van der Waals surface area (Å²) in [5.41, 5.74) is 0. The van der Waals surface area contributed by atoms with Crippen LogP contribution < -0.4 is 5.32 Å². The lowest BCUT2D eigenvalue weighted by molar-refractivity contribution is -0.348. The van der Waals surface area contributed by atoms with Crippen molar-refractivity contribution in [2.24, 2.45) is 0 Å². The van der Waals surface area contributed by atoms with Crippen LogP contribution in [0, 0.1) is 0 Å². The first kappa shape index (κ1) is 30.7. The average molecular weight is 548 g/mol. The molecule has 2 fully saturated rings. The SMILES string of the molecule is CCCO[C@H]1O[C@H](COS(=O)(=O)O)[C@@H](O)[C@H](O[C@@H]2O[C@H](CO)[C@@H](O)[C@H](O)[C@H]2NC(C)=O)[C@H]1OC(C)=O. The first-order chi connectivity index (χ1) is 16.8. The zero-order chi connectivity index (χ0) is 27.2. The maximum Gasteiger partial charge on any atom is 0.397 e. The van der Waals surface area contributed by atoms with E-state index in [1.807, 2.05) is 0 Å². The number of aliphatic hydroxyl groups is 4. The van der Waals surface area contributed by atoms with Crippen LogP contribution in [0.25, 0.3) is 0 Å². The summed E-state index contributed by atoms with van der Waals surface area (Å²) in [5.74, 6) is -1.47. The molecule has 0 unspecified atom stereocenters. The standard InChI is InChI=1S/C19H33NO15S/c1-4-5-30-19-17(32-9(3)23)16(14(25)11(34-19)7-31-36(27,28)29)35-18-12(20-8(2)22)15(26)13(24)10(6-21)33-18/h10-19,21,24-26H,4-7H2,1-3H3,(H,20,22)(H,27,28,29)/t10-,11-,12-,13-,14-,15-,16+,17-,18+,19+/m1/s1. The number of hydrogen-bond donors (Lipinski definition) is 6. The molecule has 0 aromatic rings. The van der Waals surface area contributed by atoms with E-state index in [2.05, 4.69) is 9.50 Å². The van der Waals surface area contributed by atoms with Crippen molar-refractivity contribution in [3.05, 3.63) is 0 Å². The quantitative estimate of drug-likeness (QED) is 0.109. The maximum atomic E-state index is 11.8. The van der Waals surface area contributed by atoms with Crippen LogP contribution >= 0.6 is 0 Å². The minimum atomic E-state index is -4.92.